The fraction of sp³-hybridized carbons (Fsp3) is 0.500. The summed E-state index contributed by atoms with van der Waals surface area (Å²) in [4.78, 5) is 13.8. The fourth-order valence-electron chi connectivity index (χ4n) is 2.18. The number of likely N-dealkylation sites (tertiary alicyclic amines) is 1. The number of hydrogen-bond donors (Lipinski definition) is 1. The van der Waals surface area contributed by atoms with Crippen LogP contribution < -0.4 is 0 Å². The van der Waals surface area contributed by atoms with Gasteiger partial charge in [-0.2, -0.15) is 0 Å². The summed E-state index contributed by atoms with van der Waals surface area (Å²) in [6.45, 7) is 3.09. The molecule has 2 heterocycles. The molecule has 0 saturated carbocycles. The van der Waals surface area contributed by atoms with Crippen LogP contribution in [0.2, 0.25) is 5.22 Å². The molecule has 0 aliphatic carbocycles. The third kappa shape index (κ3) is 2.51. The van der Waals surface area contributed by atoms with Crippen LogP contribution in [0.4, 0.5) is 0 Å². The summed E-state index contributed by atoms with van der Waals surface area (Å²) in [5, 5.41) is 12.4. The van der Waals surface area contributed by atoms with Crippen LogP contribution in [0.5, 0.6) is 0 Å². The molecule has 0 radical (unpaired) electrons. The summed E-state index contributed by atoms with van der Waals surface area (Å²) in [7, 11) is 0. The van der Waals surface area contributed by atoms with E-state index in [4.69, 9.17) is 21.2 Å². The highest BCUT2D eigenvalue weighted by molar-refractivity contribution is 6.29. The minimum absolute atomic E-state index is 0.109. The van der Waals surface area contributed by atoms with Crippen molar-refractivity contribution in [2.24, 2.45) is 11.1 Å². The van der Waals surface area contributed by atoms with E-state index in [0.717, 1.165) is 12.1 Å². The number of carbonyl (C=O) groups is 1. The van der Waals surface area contributed by atoms with Crippen molar-refractivity contribution >= 4 is 23.2 Å². The second-order valence-electron chi connectivity index (χ2n) is 4.30. The van der Waals surface area contributed by atoms with Gasteiger partial charge in [-0.05, 0) is 30.2 Å². The third-order valence-corrected chi connectivity index (χ3v) is 3.45. The topological polar surface area (TPSA) is 66.0 Å². The molecule has 18 heavy (non-hydrogen) atoms. The van der Waals surface area contributed by atoms with Crippen LogP contribution in [0.1, 0.15) is 30.3 Å². The molecule has 1 fully saturated rings. The minimum atomic E-state index is -0.169. The van der Waals surface area contributed by atoms with Crippen LogP contribution in [-0.2, 0) is 0 Å². The highest BCUT2D eigenvalue weighted by Gasteiger charge is 2.29. The normalized spacial score (nSPS) is 22.4. The second kappa shape index (κ2) is 5.44. The molecule has 1 aliphatic heterocycles. The molecule has 6 heteroatoms. The average Bonchev–Trinajstić information content (AvgIpc) is 2.83. The number of halogens is 1. The Morgan fingerprint density at radius 2 is 2.44 bits per heavy atom. The van der Waals surface area contributed by atoms with E-state index in [1.165, 1.54) is 0 Å². The standard InChI is InChI=1S/C12H15ClN2O3/c1-2-8-7-15(6-5-9(8)14-17)12(16)10-3-4-11(13)18-10/h3-4,8,17H,2,5-7H2,1H3/b14-9+. The summed E-state index contributed by atoms with van der Waals surface area (Å²) in [5.41, 5.74) is 0.763. The summed E-state index contributed by atoms with van der Waals surface area (Å²) >= 11 is 5.66. The van der Waals surface area contributed by atoms with Gasteiger partial charge < -0.3 is 14.5 Å². The first-order valence-electron chi connectivity index (χ1n) is 5.91. The number of nitrogens with zero attached hydrogens (tertiary/aromatic N) is 2. The zero-order valence-electron chi connectivity index (χ0n) is 10.1. The fourth-order valence-corrected chi connectivity index (χ4v) is 2.33. The summed E-state index contributed by atoms with van der Waals surface area (Å²) in [6, 6.07) is 3.12. The Hall–Kier alpha value is -1.49. The highest BCUT2D eigenvalue weighted by atomic mass is 35.5. The van der Waals surface area contributed by atoms with Crippen molar-refractivity contribution in [3.8, 4) is 0 Å². The van der Waals surface area contributed by atoms with Gasteiger partial charge in [-0.1, -0.05) is 12.1 Å². The molecule has 1 aromatic heterocycles. The Bertz CT molecular complexity index is 470. The van der Waals surface area contributed by atoms with Crippen LogP contribution >= 0.6 is 11.6 Å². The van der Waals surface area contributed by atoms with Crippen molar-refractivity contribution in [2.45, 2.75) is 19.8 Å². The molecule has 1 atom stereocenters. The van der Waals surface area contributed by atoms with Gasteiger partial charge in [-0.3, -0.25) is 4.79 Å². The number of carbonyl (C=O) groups excluding carboxylic acids is 1. The van der Waals surface area contributed by atoms with E-state index in [9.17, 15) is 4.79 Å². The number of amides is 1. The second-order valence-corrected chi connectivity index (χ2v) is 4.67. The Morgan fingerprint density at radius 1 is 1.67 bits per heavy atom. The lowest BCUT2D eigenvalue weighted by Crippen LogP contribution is -2.43. The molecule has 0 bridgehead atoms. The molecule has 98 valence electrons. The predicted octanol–water partition coefficient (Wildman–Crippen LogP) is 2.64. The lowest BCUT2D eigenvalue weighted by Gasteiger charge is -2.32. The van der Waals surface area contributed by atoms with Crippen LogP contribution in [0.25, 0.3) is 0 Å². The van der Waals surface area contributed by atoms with Gasteiger partial charge in [0.15, 0.2) is 11.0 Å². The molecular formula is C12H15ClN2O3. The van der Waals surface area contributed by atoms with Crippen LogP contribution in [-0.4, -0.2) is 34.8 Å². The Kier molecular flexibility index (Phi) is 3.91. The van der Waals surface area contributed by atoms with Gasteiger partial charge in [0.25, 0.3) is 5.91 Å². The van der Waals surface area contributed by atoms with Gasteiger partial charge in [-0.15, -0.1) is 0 Å². The maximum Gasteiger partial charge on any atom is 0.289 e. The summed E-state index contributed by atoms with van der Waals surface area (Å²) in [6.07, 6.45) is 1.43. The van der Waals surface area contributed by atoms with E-state index in [1.807, 2.05) is 6.92 Å². The number of hydrogen-bond acceptors (Lipinski definition) is 4. The lowest BCUT2D eigenvalue weighted by atomic mass is 9.93. The SMILES string of the molecule is CCC1CN(C(=O)c2ccc(Cl)o2)CC/C1=N\O. The van der Waals surface area contributed by atoms with Gasteiger partial charge in [0, 0.05) is 25.4 Å². The minimum Gasteiger partial charge on any atom is -0.440 e. The van der Waals surface area contributed by atoms with Crippen molar-refractivity contribution in [1.29, 1.82) is 0 Å². The molecule has 1 aliphatic rings. The van der Waals surface area contributed by atoms with Gasteiger partial charge in [0.05, 0.1) is 5.71 Å². The third-order valence-electron chi connectivity index (χ3n) is 3.24. The van der Waals surface area contributed by atoms with E-state index in [0.29, 0.717) is 19.5 Å². The maximum atomic E-state index is 12.1. The summed E-state index contributed by atoms with van der Waals surface area (Å²) < 4.78 is 5.12. The van der Waals surface area contributed by atoms with E-state index in [1.54, 1.807) is 17.0 Å². The van der Waals surface area contributed by atoms with E-state index < -0.39 is 0 Å². The van der Waals surface area contributed by atoms with Crippen molar-refractivity contribution < 1.29 is 14.4 Å². The molecular weight excluding hydrogens is 256 g/mol. The monoisotopic (exact) mass is 270 g/mol. The van der Waals surface area contributed by atoms with Crippen LogP contribution in [0.3, 0.4) is 0 Å². The average molecular weight is 271 g/mol. The Morgan fingerprint density at radius 3 is 3.00 bits per heavy atom. The van der Waals surface area contributed by atoms with Crippen molar-refractivity contribution in [3.05, 3.63) is 23.1 Å². The molecule has 0 spiro atoms. The van der Waals surface area contributed by atoms with Gasteiger partial charge in [-0.25, -0.2) is 0 Å². The van der Waals surface area contributed by atoms with E-state index >= 15 is 0 Å². The van der Waals surface area contributed by atoms with Crippen molar-refractivity contribution in [2.75, 3.05) is 13.1 Å². The molecule has 1 aromatic rings. The molecule has 1 amide bonds. The van der Waals surface area contributed by atoms with Crippen molar-refractivity contribution in [3.63, 3.8) is 0 Å². The quantitative estimate of drug-likeness (QED) is 0.664. The summed E-state index contributed by atoms with van der Waals surface area (Å²) in [5.74, 6) is 0.190. The zero-order valence-corrected chi connectivity index (χ0v) is 10.9. The van der Waals surface area contributed by atoms with Gasteiger partial charge >= 0.3 is 0 Å². The molecule has 0 aromatic carbocycles. The number of rotatable bonds is 2. The molecule has 1 unspecified atom stereocenters. The van der Waals surface area contributed by atoms with Crippen LogP contribution in [0, 0.1) is 5.92 Å². The maximum absolute atomic E-state index is 12.1. The number of piperidine rings is 1. The van der Waals surface area contributed by atoms with Crippen LogP contribution in [0.15, 0.2) is 21.7 Å². The number of oxime groups is 1. The molecule has 2 rings (SSSR count). The van der Waals surface area contributed by atoms with E-state index in [2.05, 4.69) is 5.16 Å². The van der Waals surface area contributed by atoms with Crippen molar-refractivity contribution in [1.82, 2.24) is 4.90 Å². The van der Waals surface area contributed by atoms with E-state index in [-0.39, 0.29) is 22.8 Å². The lowest BCUT2D eigenvalue weighted by molar-refractivity contribution is 0.0697. The largest absolute Gasteiger partial charge is 0.440 e. The first-order valence-corrected chi connectivity index (χ1v) is 6.29. The molecule has 1 N–H and O–H groups in total. The Balaban J connectivity index is 2.09. The first kappa shape index (κ1) is 13.0. The molecule has 1 saturated heterocycles. The first-order chi connectivity index (χ1) is 8.65. The smallest absolute Gasteiger partial charge is 0.289 e. The van der Waals surface area contributed by atoms with Gasteiger partial charge in [0.2, 0.25) is 0 Å². The zero-order chi connectivity index (χ0) is 13.1. The highest BCUT2D eigenvalue weighted by Crippen LogP contribution is 2.21. The Labute approximate surface area is 110 Å². The number of furan rings is 1. The predicted molar refractivity (Wildman–Crippen MR) is 67.2 cm³/mol. The molecule has 5 nitrogen and oxygen atoms in total. The van der Waals surface area contributed by atoms with Gasteiger partial charge in [0.1, 0.15) is 0 Å².